The van der Waals surface area contributed by atoms with Gasteiger partial charge in [0.1, 0.15) is 11.6 Å². The van der Waals surface area contributed by atoms with Gasteiger partial charge in [0.2, 0.25) is 0 Å². The molecule has 4 nitrogen and oxygen atoms in total. The van der Waals surface area contributed by atoms with E-state index in [1.807, 2.05) is 13.1 Å². The third-order valence-electron chi connectivity index (χ3n) is 3.38. The van der Waals surface area contributed by atoms with Gasteiger partial charge in [-0.1, -0.05) is 30.3 Å². The lowest BCUT2D eigenvalue weighted by Gasteiger charge is -2.40. The van der Waals surface area contributed by atoms with Gasteiger partial charge in [-0.05, 0) is 5.56 Å². The van der Waals surface area contributed by atoms with Crippen LogP contribution >= 0.6 is 0 Å². The Balaban J connectivity index is 1.74. The van der Waals surface area contributed by atoms with Gasteiger partial charge in [0.25, 0.3) is 0 Å². The number of hydrogen-bond donors (Lipinski definition) is 0. The third-order valence-corrected chi connectivity index (χ3v) is 3.38. The van der Waals surface area contributed by atoms with Crippen molar-refractivity contribution in [1.29, 1.82) is 5.26 Å². The van der Waals surface area contributed by atoms with Crippen LogP contribution in [0.15, 0.2) is 36.5 Å². The lowest BCUT2D eigenvalue weighted by Crippen LogP contribution is -2.45. The zero-order valence-corrected chi connectivity index (χ0v) is 10.2. The molecule has 4 heteroatoms. The molecule has 2 heterocycles. The van der Waals surface area contributed by atoms with Crippen LogP contribution in [-0.2, 0) is 7.05 Å². The van der Waals surface area contributed by atoms with Crippen molar-refractivity contribution in [3.63, 3.8) is 0 Å². The first kappa shape index (κ1) is 10.8. The highest BCUT2D eigenvalue weighted by atomic mass is 15.4. The maximum atomic E-state index is 9.05. The molecule has 3 rings (SSSR count). The zero-order valence-electron chi connectivity index (χ0n) is 10.2. The Hall–Kier alpha value is -2.28. The van der Waals surface area contributed by atoms with E-state index >= 15 is 0 Å². The highest BCUT2D eigenvalue weighted by Gasteiger charge is 2.31. The van der Waals surface area contributed by atoms with Crippen molar-refractivity contribution in [2.75, 3.05) is 18.0 Å². The summed E-state index contributed by atoms with van der Waals surface area (Å²) in [4.78, 5) is 2.16. The van der Waals surface area contributed by atoms with Gasteiger partial charge in [0.05, 0.1) is 0 Å². The second-order valence-electron chi connectivity index (χ2n) is 4.66. The Morgan fingerprint density at radius 2 is 2.00 bits per heavy atom. The van der Waals surface area contributed by atoms with E-state index in [-0.39, 0.29) is 0 Å². The highest BCUT2D eigenvalue weighted by Crippen LogP contribution is 2.31. The van der Waals surface area contributed by atoms with Crippen LogP contribution in [0.5, 0.6) is 0 Å². The summed E-state index contributed by atoms with van der Waals surface area (Å²) in [5, 5.41) is 13.4. The Bertz CT molecular complexity index is 588. The normalized spacial score (nSPS) is 15.2. The summed E-state index contributed by atoms with van der Waals surface area (Å²) in [6.45, 7) is 1.88. The number of aromatic nitrogens is 2. The summed E-state index contributed by atoms with van der Waals surface area (Å²) in [6, 6.07) is 12.7. The fraction of sp³-hybridized carbons (Fsp3) is 0.286. The number of nitriles is 1. The fourth-order valence-electron chi connectivity index (χ4n) is 2.38. The van der Waals surface area contributed by atoms with Crippen molar-refractivity contribution in [1.82, 2.24) is 9.78 Å². The predicted octanol–water partition coefficient (Wildman–Crippen LogP) is 1.90. The minimum atomic E-state index is 0.555. The van der Waals surface area contributed by atoms with Crippen LogP contribution in [0.2, 0.25) is 0 Å². The molecule has 0 unspecified atom stereocenters. The van der Waals surface area contributed by atoms with Gasteiger partial charge in [0.15, 0.2) is 5.82 Å². The fourth-order valence-corrected chi connectivity index (χ4v) is 2.38. The zero-order chi connectivity index (χ0) is 12.5. The molecule has 0 atom stereocenters. The van der Waals surface area contributed by atoms with Gasteiger partial charge in [-0.3, -0.25) is 4.68 Å². The van der Waals surface area contributed by atoms with E-state index in [4.69, 9.17) is 5.26 Å². The van der Waals surface area contributed by atoms with Gasteiger partial charge >= 0.3 is 0 Å². The Morgan fingerprint density at radius 3 is 2.67 bits per heavy atom. The van der Waals surface area contributed by atoms with Crippen LogP contribution in [0.3, 0.4) is 0 Å². The maximum Gasteiger partial charge on any atom is 0.168 e. The Labute approximate surface area is 106 Å². The number of benzene rings is 1. The van der Waals surface area contributed by atoms with Gasteiger partial charge in [-0.25, -0.2) is 0 Å². The topological polar surface area (TPSA) is 44.9 Å². The molecule has 1 saturated heterocycles. The molecule has 0 amide bonds. The quantitative estimate of drug-likeness (QED) is 0.802. The first-order valence-corrected chi connectivity index (χ1v) is 6.01. The molecule has 1 aliphatic heterocycles. The van der Waals surface area contributed by atoms with Crippen LogP contribution in [0, 0.1) is 11.3 Å². The molecule has 1 aromatic heterocycles. The standard InChI is InChI=1S/C14H14N4/c1-17-8-12(7-15)14(16-17)18-9-13(10-18)11-5-3-2-4-6-11/h2-6,8,13H,9-10H2,1H3. The molecule has 1 fully saturated rings. The van der Waals surface area contributed by atoms with E-state index in [2.05, 4.69) is 40.3 Å². The van der Waals surface area contributed by atoms with Crippen LogP contribution < -0.4 is 4.90 Å². The smallest absolute Gasteiger partial charge is 0.168 e. The summed E-state index contributed by atoms with van der Waals surface area (Å²) in [7, 11) is 1.85. The van der Waals surface area contributed by atoms with E-state index in [0.29, 0.717) is 11.5 Å². The second-order valence-corrected chi connectivity index (χ2v) is 4.66. The first-order chi connectivity index (χ1) is 8.78. The van der Waals surface area contributed by atoms with Crippen molar-refractivity contribution in [3.8, 4) is 6.07 Å². The van der Waals surface area contributed by atoms with Gasteiger partial charge in [-0.15, -0.1) is 0 Å². The lowest BCUT2D eigenvalue weighted by atomic mass is 9.91. The van der Waals surface area contributed by atoms with Crippen molar-refractivity contribution in [2.45, 2.75) is 5.92 Å². The molecule has 0 radical (unpaired) electrons. The van der Waals surface area contributed by atoms with Crippen molar-refractivity contribution in [3.05, 3.63) is 47.7 Å². The predicted molar refractivity (Wildman–Crippen MR) is 69.3 cm³/mol. The molecule has 0 saturated carbocycles. The average Bonchev–Trinajstić information content (AvgIpc) is 2.70. The molecular weight excluding hydrogens is 224 g/mol. The Morgan fingerprint density at radius 1 is 1.28 bits per heavy atom. The maximum absolute atomic E-state index is 9.05. The summed E-state index contributed by atoms with van der Waals surface area (Å²) >= 11 is 0. The van der Waals surface area contributed by atoms with E-state index < -0.39 is 0 Å². The molecule has 90 valence electrons. The van der Waals surface area contributed by atoms with Crippen molar-refractivity contribution >= 4 is 5.82 Å². The number of anilines is 1. The summed E-state index contributed by atoms with van der Waals surface area (Å²) in [5.74, 6) is 1.37. The highest BCUT2D eigenvalue weighted by molar-refractivity contribution is 5.55. The first-order valence-electron chi connectivity index (χ1n) is 6.01. The molecule has 0 bridgehead atoms. The minimum Gasteiger partial charge on any atom is -0.353 e. The third kappa shape index (κ3) is 1.74. The molecule has 0 aliphatic carbocycles. The van der Waals surface area contributed by atoms with Crippen LogP contribution in [-0.4, -0.2) is 22.9 Å². The monoisotopic (exact) mass is 238 g/mol. The van der Waals surface area contributed by atoms with Crippen LogP contribution in [0.25, 0.3) is 0 Å². The summed E-state index contributed by atoms with van der Waals surface area (Å²) in [6.07, 6.45) is 1.77. The number of hydrogen-bond acceptors (Lipinski definition) is 3. The lowest BCUT2D eigenvalue weighted by molar-refractivity contribution is 0.516. The van der Waals surface area contributed by atoms with Crippen LogP contribution in [0.1, 0.15) is 17.0 Å². The van der Waals surface area contributed by atoms with Gasteiger partial charge < -0.3 is 4.90 Å². The summed E-state index contributed by atoms with van der Waals surface area (Å²) in [5.41, 5.74) is 2.02. The largest absolute Gasteiger partial charge is 0.353 e. The SMILES string of the molecule is Cn1cc(C#N)c(N2CC(c3ccccc3)C2)n1. The van der Waals surface area contributed by atoms with E-state index in [0.717, 1.165) is 18.9 Å². The number of aryl methyl sites for hydroxylation is 1. The average molecular weight is 238 g/mol. The molecule has 1 aromatic carbocycles. The number of nitrogens with zero attached hydrogens (tertiary/aromatic N) is 4. The molecule has 2 aromatic rings. The summed E-state index contributed by atoms with van der Waals surface area (Å²) < 4.78 is 1.70. The molecule has 0 N–H and O–H groups in total. The van der Waals surface area contributed by atoms with Crippen LogP contribution in [0.4, 0.5) is 5.82 Å². The molecular formula is C14H14N4. The molecule has 1 aliphatic rings. The Kier molecular flexibility index (Phi) is 2.52. The minimum absolute atomic E-state index is 0.555. The van der Waals surface area contributed by atoms with E-state index in [9.17, 15) is 0 Å². The van der Waals surface area contributed by atoms with Gasteiger partial charge in [-0.2, -0.15) is 10.4 Å². The van der Waals surface area contributed by atoms with E-state index in [1.54, 1.807) is 10.9 Å². The molecule has 18 heavy (non-hydrogen) atoms. The van der Waals surface area contributed by atoms with Crippen molar-refractivity contribution < 1.29 is 0 Å². The second kappa shape index (κ2) is 4.19. The molecule has 0 spiro atoms. The van der Waals surface area contributed by atoms with Crippen molar-refractivity contribution in [2.24, 2.45) is 7.05 Å². The van der Waals surface area contributed by atoms with Gasteiger partial charge in [0, 0.05) is 32.3 Å². The number of rotatable bonds is 2. The van der Waals surface area contributed by atoms with E-state index in [1.165, 1.54) is 5.56 Å².